The number of amides is 1. The van der Waals surface area contributed by atoms with Crippen LogP contribution in [0.25, 0.3) is 0 Å². The van der Waals surface area contributed by atoms with Gasteiger partial charge in [-0.25, -0.2) is 0 Å². The predicted molar refractivity (Wildman–Crippen MR) is 75.5 cm³/mol. The topological polar surface area (TPSA) is 52.3 Å². The molecule has 0 aliphatic heterocycles. The Hall–Kier alpha value is -2.00. The van der Waals surface area contributed by atoms with Crippen molar-refractivity contribution in [3.63, 3.8) is 0 Å². The number of primary amides is 1. The molecule has 0 saturated carbocycles. The van der Waals surface area contributed by atoms with Gasteiger partial charge < -0.3 is 10.5 Å². The number of halogens is 1. The third-order valence-electron chi connectivity index (χ3n) is 2.81. The second-order valence-corrected chi connectivity index (χ2v) is 4.63. The number of nitrogens with two attached hydrogens (primary N) is 1. The van der Waals surface area contributed by atoms with Gasteiger partial charge in [-0.05, 0) is 36.8 Å². The Morgan fingerprint density at radius 1 is 1.26 bits per heavy atom. The standard InChI is InChI=1S/C15H14ClNO2/c1-10-8-12(6-7-14(10)16)19-9-11-4-2-3-5-13(11)15(17)18/h2-8H,9H2,1H3,(H2,17,18). The number of carbonyl (C=O) groups is 1. The zero-order valence-corrected chi connectivity index (χ0v) is 11.3. The highest BCUT2D eigenvalue weighted by molar-refractivity contribution is 6.31. The lowest BCUT2D eigenvalue weighted by Crippen LogP contribution is -2.14. The molecular formula is C15H14ClNO2. The largest absolute Gasteiger partial charge is 0.489 e. The Balaban J connectivity index is 2.14. The molecule has 0 saturated heterocycles. The first-order valence-corrected chi connectivity index (χ1v) is 6.22. The molecule has 0 fully saturated rings. The Bertz CT molecular complexity index is 611. The van der Waals surface area contributed by atoms with Crippen LogP contribution in [-0.2, 0) is 6.61 Å². The van der Waals surface area contributed by atoms with Gasteiger partial charge in [0.05, 0.1) is 0 Å². The first-order valence-electron chi connectivity index (χ1n) is 5.84. The van der Waals surface area contributed by atoms with E-state index in [0.717, 1.165) is 11.1 Å². The fraction of sp³-hybridized carbons (Fsp3) is 0.133. The average molecular weight is 276 g/mol. The maximum absolute atomic E-state index is 11.3. The molecule has 0 aliphatic carbocycles. The highest BCUT2D eigenvalue weighted by Gasteiger charge is 2.07. The molecule has 1 amide bonds. The van der Waals surface area contributed by atoms with E-state index in [4.69, 9.17) is 22.1 Å². The molecule has 2 N–H and O–H groups in total. The fourth-order valence-corrected chi connectivity index (χ4v) is 1.87. The molecule has 0 aromatic heterocycles. The lowest BCUT2D eigenvalue weighted by Gasteiger charge is -2.10. The molecule has 0 radical (unpaired) electrons. The second kappa shape index (κ2) is 5.76. The van der Waals surface area contributed by atoms with Crippen molar-refractivity contribution in [2.24, 2.45) is 5.73 Å². The van der Waals surface area contributed by atoms with Crippen LogP contribution in [0.3, 0.4) is 0 Å². The summed E-state index contributed by atoms with van der Waals surface area (Å²) < 4.78 is 5.65. The Kier molecular flexibility index (Phi) is 4.07. The number of aryl methyl sites for hydroxylation is 1. The first-order chi connectivity index (χ1) is 9.08. The molecule has 2 rings (SSSR count). The number of benzene rings is 2. The van der Waals surface area contributed by atoms with Gasteiger partial charge in [0.25, 0.3) is 0 Å². The number of rotatable bonds is 4. The van der Waals surface area contributed by atoms with Crippen LogP contribution < -0.4 is 10.5 Å². The van der Waals surface area contributed by atoms with E-state index in [1.54, 1.807) is 24.3 Å². The molecule has 3 nitrogen and oxygen atoms in total. The summed E-state index contributed by atoms with van der Waals surface area (Å²) in [6.45, 7) is 2.20. The number of carbonyl (C=O) groups excluding carboxylic acids is 1. The summed E-state index contributed by atoms with van der Waals surface area (Å²) in [6.07, 6.45) is 0. The van der Waals surface area contributed by atoms with E-state index >= 15 is 0 Å². The van der Waals surface area contributed by atoms with Crippen LogP contribution in [0.1, 0.15) is 21.5 Å². The van der Waals surface area contributed by atoms with Gasteiger partial charge in [0.15, 0.2) is 0 Å². The number of hydrogen-bond donors (Lipinski definition) is 1. The molecule has 2 aromatic rings. The summed E-state index contributed by atoms with van der Waals surface area (Å²) in [6, 6.07) is 12.6. The van der Waals surface area contributed by atoms with Gasteiger partial charge >= 0.3 is 0 Å². The van der Waals surface area contributed by atoms with Crippen LogP contribution in [0.15, 0.2) is 42.5 Å². The molecular weight excluding hydrogens is 262 g/mol. The quantitative estimate of drug-likeness (QED) is 0.930. The van der Waals surface area contributed by atoms with E-state index in [0.29, 0.717) is 22.9 Å². The molecule has 0 bridgehead atoms. The van der Waals surface area contributed by atoms with E-state index in [-0.39, 0.29) is 0 Å². The van der Waals surface area contributed by atoms with Gasteiger partial charge in [0, 0.05) is 16.1 Å². The van der Waals surface area contributed by atoms with E-state index in [9.17, 15) is 4.79 Å². The molecule has 19 heavy (non-hydrogen) atoms. The minimum Gasteiger partial charge on any atom is -0.489 e. The van der Waals surface area contributed by atoms with Gasteiger partial charge in [0.2, 0.25) is 5.91 Å². The van der Waals surface area contributed by atoms with E-state index in [1.165, 1.54) is 0 Å². The molecule has 0 spiro atoms. The molecule has 0 aliphatic rings. The maximum Gasteiger partial charge on any atom is 0.249 e. The zero-order chi connectivity index (χ0) is 13.8. The third kappa shape index (κ3) is 3.26. The molecule has 98 valence electrons. The fourth-order valence-electron chi connectivity index (χ4n) is 1.75. The summed E-state index contributed by atoms with van der Waals surface area (Å²) >= 11 is 5.95. The lowest BCUT2D eigenvalue weighted by molar-refractivity contribution is 0.0998. The van der Waals surface area contributed by atoms with Crippen molar-refractivity contribution in [2.75, 3.05) is 0 Å². The molecule has 4 heteroatoms. The van der Waals surface area contributed by atoms with Crippen molar-refractivity contribution in [3.05, 3.63) is 64.2 Å². The molecule has 0 heterocycles. The molecule has 0 atom stereocenters. The van der Waals surface area contributed by atoms with Crippen molar-refractivity contribution >= 4 is 17.5 Å². The summed E-state index contributed by atoms with van der Waals surface area (Å²) in [5, 5.41) is 0.699. The van der Waals surface area contributed by atoms with Crippen LogP contribution in [0, 0.1) is 6.92 Å². The van der Waals surface area contributed by atoms with Gasteiger partial charge in [-0.2, -0.15) is 0 Å². The average Bonchev–Trinajstić information content (AvgIpc) is 2.40. The second-order valence-electron chi connectivity index (χ2n) is 4.22. The highest BCUT2D eigenvalue weighted by Crippen LogP contribution is 2.22. The smallest absolute Gasteiger partial charge is 0.249 e. The van der Waals surface area contributed by atoms with E-state index < -0.39 is 5.91 Å². The van der Waals surface area contributed by atoms with Gasteiger partial charge in [-0.3, -0.25) is 4.79 Å². The van der Waals surface area contributed by atoms with E-state index in [1.807, 2.05) is 25.1 Å². The van der Waals surface area contributed by atoms with Crippen LogP contribution >= 0.6 is 11.6 Å². The normalized spacial score (nSPS) is 10.2. The Morgan fingerprint density at radius 3 is 2.68 bits per heavy atom. The van der Waals surface area contributed by atoms with Crippen LogP contribution in [0.4, 0.5) is 0 Å². The highest BCUT2D eigenvalue weighted by atomic mass is 35.5. The van der Waals surface area contributed by atoms with Crippen LogP contribution in [0.2, 0.25) is 5.02 Å². The van der Waals surface area contributed by atoms with Crippen molar-refractivity contribution in [2.45, 2.75) is 13.5 Å². The minimum absolute atomic E-state index is 0.292. The minimum atomic E-state index is -0.452. The van der Waals surface area contributed by atoms with E-state index in [2.05, 4.69) is 0 Å². The zero-order valence-electron chi connectivity index (χ0n) is 10.5. The van der Waals surface area contributed by atoms with Gasteiger partial charge in [0.1, 0.15) is 12.4 Å². The number of hydrogen-bond acceptors (Lipinski definition) is 2. The van der Waals surface area contributed by atoms with Crippen LogP contribution in [-0.4, -0.2) is 5.91 Å². The summed E-state index contributed by atoms with van der Waals surface area (Å²) in [5.74, 6) is 0.257. The molecule has 0 unspecified atom stereocenters. The summed E-state index contributed by atoms with van der Waals surface area (Å²) in [5.41, 5.74) is 7.51. The Labute approximate surface area is 117 Å². The summed E-state index contributed by atoms with van der Waals surface area (Å²) in [7, 11) is 0. The van der Waals surface area contributed by atoms with Crippen molar-refractivity contribution in [1.82, 2.24) is 0 Å². The maximum atomic E-state index is 11.3. The van der Waals surface area contributed by atoms with Crippen molar-refractivity contribution < 1.29 is 9.53 Å². The predicted octanol–water partition coefficient (Wildman–Crippen LogP) is 3.33. The monoisotopic (exact) mass is 275 g/mol. The number of ether oxygens (including phenoxy) is 1. The van der Waals surface area contributed by atoms with Crippen molar-refractivity contribution in [3.8, 4) is 5.75 Å². The van der Waals surface area contributed by atoms with Crippen molar-refractivity contribution in [1.29, 1.82) is 0 Å². The first kappa shape index (κ1) is 13.4. The van der Waals surface area contributed by atoms with Gasteiger partial charge in [-0.15, -0.1) is 0 Å². The lowest BCUT2D eigenvalue weighted by atomic mass is 10.1. The van der Waals surface area contributed by atoms with Crippen LogP contribution in [0.5, 0.6) is 5.75 Å². The SMILES string of the molecule is Cc1cc(OCc2ccccc2C(N)=O)ccc1Cl. The third-order valence-corrected chi connectivity index (χ3v) is 3.23. The molecule has 2 aromatic carbocycles. The van der Waals surface area contributed by atoms with Gasteiger partial charge in [-0.1, -0.05) is 29.8 Å². The summed E-state index contributed by atoms with van der Waals surface area (Å²) in [4.78, 5) is 11.3. The Morgan fingerprint density at radius 2 is 2.00 bits per heavy atom.